The molecule has 100 valence electrons. The van der Waals surface area contributed by atoms with Crippen molar-refractivity contribution in [2.24, 2.45) is 0 Å². The molecule has 2 heterocycles. The third-order valence-corrected chi connectivity index (χ3v) is 4.26. The van der Waals surface area contributed by atoms with Gasteiger partial charge < -0.3 is 4.74 Å². The molecule has 7 nitrogen and oxygen atoms in total. The number of esters is 1. The summed E-state index contributed by atoms with van der Waals surface area (Å²) in [6.07, 6.45) is 1.67. The molecule has 2 aromatic heterocycles. The van der Waals surface area contributed by atoms with E-state index in [1.54, 1.807) is 6.20 Å². The lowest BCUT2D eigenvalue weighted by molar-refractivity contribution is -0.141. The van der Waals surface area contributed by atoms with E-state index in [9.17, 15) is 4.79 Å². The van der Waals surface area contributed by atoms with Gasteiger partial charge in [0.15, 0.2) is 0 Å². The lowest BCUT2D eigenvalue weighted by Gasteiger charge is -2.04. The first-order valence-corrected chi connectivity index (χ1v) is 7.32. The van der Waals surface area contributed by atoms with Crippen molar-refractivity contribution in [3.8, 4) is 0 Å². The Hall–Kier alpha value is -1.000. The molecule has 2 rings (SSSR count). The third-order valence-electron chi connectivity index (χ3n) is 1.97. The molecular weight excluding hydrogens is 402 g/mol. The monoisotopic (exact) mass is 407 g/mol. The number of methoxy groups -OCH3 is 1. The van der Waals surface area contributed by atoms with Gasteiger partial charge in [0.1, 0.15) is 11.6 Å². The van der Waals surface area contributed by atoms with Crippen LogP contribution in [0.1, 0.15) is 0 Å². The second kappa shape index (κ2) is 6.44. The van der Waals surface area contributed by atoms with E-state index in [1.165, 1.54) is 23.6 Å². The van der Waals surface area contributed by atoms with Crippen LogP contribution >= 0.6 is 43.6 Å². The number of nitrogens with zero attached hydrogens (tertiary/aromatic N) is 5. The minimum Gasteiger partial charge on any atom is -0.468 e. The molecular formula is C9H7Br2N5O2S. The molecule has 2 aromatic rings. The van der Waals surface area contributed by atoms with Crippen molar-refractivity contribution in [1.29, 1.82) is 0 Å². The highest BCUT2D eigenvalue weighted by molar-refractivity contribution is 9.11. The van der Waals surface area contributed by atoms with E-state index < -0.39 is 5.97 Å². The summed E-state index contributed by atoms with van der Waals surface area (Å²) >= 11 is 7.97. The summed E-state index contributed by atoms with van der Waals surface area (Å²) in [7, 11) is 1.31. The van der Waals surface area contributed by atoms with Crippen LogP contribution in [0.2, 0.25) is 0 Å². The molecule has 0 fully saturated rings. The van der Waals surface area contributed by atoms with Crippen LogP contribution in [0.5, 0.6) is 0 Å². The molecule has 10 heteroatoms. The smallest absolute Gasteiger partial charge is 0.327 e. The Balaban J connectivity index is 2.19. The van der Waals surface area contributed by atoms with E-state index in [4.69, 9.17) is 0 Å². The molecule has 0 aromatic carbocycles. The SMILES string of the molecule is COC(=O)Cn1nnnc1Sc1ncc(Br)cc1Br. The quantitative estimate of drug-likeness (QED) is 0.714. The average molecular weight is 409 g/mol. The van der Waals surface area contributed by atoms with Gasteiger partial charge in [0.05, 0.1) is 11.6 Å². The van der Waals surface area contributed by atoms with Crippen LogP contribution in [0, 0.1) is 0 Å². The number of carbonyl (C=O) groups is 1. The van der Waals surface area contributed by atoms with Crippen LogP contribution < -0.4 is 0 Å². The highest BCUT2D eigenvalue weighted by Gasteiger charge is 2.14. The molecule has 0 aliphatic rings. The highest BCUT2D eigenvalue weighted by atomic mass is 79.9. The first kappa shape index (κ1) is 14.4. The Morgan fingerprint density at radius 2 is 2.32 bits per heavy atom. The number of rotatable bonds is 4. The normalized spacial score (nSPS) is 10.5. The van der Waals surface area contributed by atoms with Gasteiger partial charge in [-0.3, -0.25) is 4.79 Å². The van der Waals surface area contributed by atoms with Gasteiger partial charge in [0.25, 0.3) is 0 Å². The Bertz CT molecular complexity index is 606. The first-order valence-electron chi connectivity index (χ1n) is 4.92. The summed E-state index contributed by atoms with van der Waals surface area (Å²) in [4.78, 5) is 15.5. The fourth-order valence-electron chi connectivity index (χ4n) is 1.12. The van der Waals surface area contributed by atoms with Crippen molar-refractivity contribution < 1.29 is 9.53 Å². The minimum atomic E-state index is -0.419. The molecule has 0 amide bonds. The van der Waals surface area contributed by atoms with Crippen LogP contribution in [-0.2, 0) is 16.1 Å². The number of pyridine rings is 1. The Morgan fingerprint density at radius 3 is 3.00 bits per heavy atom. The van der Waals surface area contributed by atoms with Crippen LogP contribution in [0.25, 0.3) is 0 Å². The van der Waals surface area contributed by atoms with Gasteiger partial charge in [0, 0.05) is 10.7 Å². The second-order valence-corrected chi connectivity index (χ2v) is 5.96. The Kier molecular flexibility index (Phi) is 4.88. The maximum absolute atomic E-state index is 11.2. The first-order chi connectivity index (χ1) is 9.10. The summed E-state index contributed by atoms with van der Waals surface area (Å²) in [6.45, 7) is -0.0417. The number of hydrogen-bond acceptors (Lipinski definition) is 7. The van der Waals surface area contributed by atoms with Gasteiger partial charge in [-0.15, -0.1) is 5.10 Å². The van der Waals surface area contributed by atoms with Crippen molar-refractivity contribution in [1.82, 2.24) is 25.2 Å². The van der Waals surface area contributed by atoms with E-state index in [1.807, 2.05) is 6.07 Å². The number of ether oxygens (including phenoxy) is 1. The van der Waals surface area contributed by atoms with Crippen molar-refractivity contribution in [2.45, 2.75) is 16.7 Å². The molecule has 0 N–H and O–H groups in total. The Morgan fingerprint density at radius 1 is 1.53 bits per heavy atom. The van der Waals surface area contributed by atoms with Gasteiger partial charge in [-0.25, -0.2) is 9.67 Å². The molecule has 19 heavy (non-hydrogen) atoms. The minimum absolute atomic E-state index is 0.0417. The molecule has 0 spiro atoms. The van der Waals surface area contributed by atoms with E-state index >= 15 is 0 Å². The molecule has 0 aliphatic carbocycles. The molecule has 0 saturated heterocycles. The molecule has 0 radical (unpaired) electrons. The van der Waals surface area contributed by atoms with Gasteiger partial charge in [-0.1, -0.05) is 0 Å². The molecule has 0 aliphatic heterocycles. The number of halogens is 2. The van der Waals surface area contributed by atoms with Gasteiger partial charge in [-0.05, 0) is 60.1 Å². The average Bonchev–Trinajstić information content (AvgIpc) is 2.80. The van der Waals surface area contributed by atoms with Crippen molar-refractivity contribution in [3.63, 3.8) is 0 Å². The van der Waals surface area contributed by atoms with Crippen LogP contribution in [0.15, 0.2) is 31.4 Å². The summed E-state index contributed by atoms with van der Waals surface area (Å²) < 4.78 is 7.59. The second-order valence-electron chi connectivity index (χ2n) is 3.24. The van der Waals surface area contributed by atoms with Crippen molar-refractivity contribution in [2.75, 3.05) is 7.11 Å². The Labute approximate surface area is 129 Å². The topological polar surface area (TPSA) is 82.8 Å². The summed E-state index contributed by atoms with van der Waals surface area (Å²) in [5.41, 5.74) is 0. The maximum atomic E-state index is 11.2. The van der Waals surface area contributed by atoms with Crippen molar-refractivity contribution in [3.05, 3.63) is 21.2 Å². The van der Waals surface area contributed by atoms with Crippen LogP contribution in [0.3, 0.4) is 0 Å². The lowest BCUT2D eigenvalue weighted by atomic mass is 10.5. The lowest BCUT2D eigenvalue weighted by Crippen LogP contribution is -2.13. The predicted octanol–water partition coefficient (Wildman–Crippen LogP) is 1.92. The molecule has 0 saturated carbocycles. The van der Waals surface area contributed by atoms with Crippen molar-refractivity contribution >= 4 is 49.6 Å². The zero-order valence-electron chi connectivity index (χ0n) is 9.58. The fraction of sp³-hybridized carbons (Fsp3) is 0.222. The number of carbonyl (C=O) groups excluding carboxylic acids is 1. The fourth-order valence-corrected chi connectivity index (χ4v) is 3.07. The highest BCUT2D eigenvalue weighted by Crippen LogP contribution is 2.31. The van der Waals surface area contributed by atoms with Gasteiger partial charge >= 0.3 is 5.97 Å². The van der Waals surface area contributed by atoms with E-state index in [0.717, 1.165) is 8.95 Å². The summed E-state index contributed by atoms with van der Waals surface area (Å²) in [5, 5.41) is 12.3. The molecule has 0 bridgehead atoms. The third kappa shape index (κ3) is 3.74. The molecule has 0 unspecified atom stereocenters. The maximum Gasteiger partial charge on any atom is 0.327 e. The van der Waals surface area contributed by atoms with Crippen LogP contribution in [-0.4, -0.2) is 38.3 Å². The van der Waals surface area contributed by atoms with E-state index in [-0.39, 0.29) is 6.54 Å². The summed E-state index contributed by atoms with van der Waals surface area (Å²) in [5.74, 6) is -0.419. The zero-order chi connectivity index (χ0) is 13.8. The van der Waals surface area contributed by atoms with E-state index in [0.29, 0.717) is 10.2 Å². The zero-order valence-corrected chi connectivity index (χ0v) is 13.6. The molecule has 0 atom stereocenters. The summed E-state index contributed by atoms with van der Waals surface area (Å²) in [6, 6.07) is 1.86. The van der Waals surface area contributed by atoms with E-state index in [2.05, 4.69) is 57.1 Å². The van der Waals surface area contributed by atoms with Gasteiger partial charge in [-0.2, -0.15) is 0 Å². The number of aromatic nitrogens is 5. The van der Waals surface area contributed by atoms with Crippen LogP contribution in [0.4, 0.5) is 0 Å². The largest absolute Gasteiger partial charge is 0.468 e. The standard InChI is InChI=1S/C9H7Br2N5O2S/c1-18-7(17)4-16-9(13-14-15-16)19-8-6(11)2-5(10)3-12-8/h2-3H,4H2,1H3. The van der Waals surface area contributed by atoms with Gasteiger partial charge in [0.2, 0.25) is 5.16 Å². The number of tetrazole rings is 1. The number of hydrogen-bond donors (Lipinski definition) is 0. The predicted molar refractivity (Wildman–Crippen MR) is 73.6 cm³/mol.